The summed E-state index contributed by atoms with van der Waals surface area (Å²) < 4.78 is 0. The van der Waals surface area contributed by atoms with E-state index in [2.05, 4.69) is 31.4 Å². The van der Waals surface area contributed by atoms with Crippen molar-refractivity contribution in [1.29, 1.82) is 0 Å². The molecule has 1 aliphatic heterocycles. The first-order valence-corrected chi connectivity index (χ1v) is 7.02. The fourth-order valence-electron chi connectivity index (χ4n) is 3.20. The van der Waals surface area contributed by atoms with Crippen molar-refractivity contribution in [2.24, 2.45) is 10.8 Å². The quantitative estimate of drug-likeness (QED) is 0.725. The van der Waals surface area contributed by atoms with Crippen LogP contribution in [0.15, 0.2) is 0 Å². The first-order valence-electron chi connectivity index (χ1n) is 6.39. The van der Waals surface area contributed by atoms with E-state index >= 15 is 0 Å². The second-order valence-electron chi connectivity index (χ2n) is 6.49. The molecule has 1 nitrogen and oxygen atoms in total. The zero-order valence-corrected chi connectivity index (χ0v) is 11.2. The Morgan fingerprint density at radius 3 is 2.33 bits per heavy atom. The van der Waals surface area contributed by atoms with Gasteiger partial charge in [0, 0.05) is 13.1 Å². The molecule has 1 saturated heterocycles. The number of hydrogen-bond donors (Lipinski definition) is 1. The molecule has 0 spiro atoms. The molecule has 0 N–H and O–H groups in total. The van der Waals surface area contributed by atoms with Gasteiger partial charge in [-0.3, -0.25) is 0 Å². The van der Waals surface area contributed by atoms with Gasteiger partial charge in [-0.05, 0) is 48.8 Å². The van der Waals surface area contributed by atoms with E-state index in [0.717, 1.165) is 5.75 Å². The molecule has 0 bridgehead atoms. The first kappa shape index (κ1) is 11.8. The van der Waals surface area contributed by atoms with Crippen LogP contribution in [-0.2, 0) is 0 Å². The maximum Gasteiger partial charge on any atom is 0.00460 e. The lowest BCUT2D eigenvalue weighted by Crippen LogP contribution is -2.48. The van der Waals surface area contributed by atoms with Gasteiger partial charge in [0.1, 0.15) is 0 Å². The Bertz CT molecular complexity index is 215. The van der Waals surface area contributed by atoms with Crippen LogP contribution in [0.25, 0.3) is 0 Å². The third-order valence-corrected chi connectivity index (χ3v) is 4.96. The summed E-state index contributed by atoms with van der Waals surface area (Å²) >= 11 is 4.55. The minimum atomic E-state index is 0.541. The van der Waals surface area contributed by atoms with Gasteiger partial charge in [-0.1, -0.05) is 20.3 Å². The summed E-state index contributed by atoms with van der Waals surface area (Å²) in [7, 11) is 0. The molecule has 0 aromatic rings. The summed E-state index contributed by atoms with van der Waals surface area (Å²) in [5.74, 6) is 1.09. The minimum absolute atomic E-state index is 0.541. The van der Waals surface area contributed by atoms with Gasteiger partial charge in [-0.25, -0.2) is 0 Å². The van der Waals surface area contributed by atoms with Crippen molar-refractivity contribution in [3.63, 3.8) is 0 Å². The fraction of sp³-hybridized carbons (Fsp3) is 1.00. The van der Waals surface area contributed by atoms with Crippen molar-refractivity contribution in [3.05, 3.63) is 0 Å². The van der Waals surface area contributed by atoms with Crippen LogP contribution >= 0.6 is 12.6 Å². The second kappa shape index (κ2) is 4.29. The maximum atomic E-state index is 4.55. The van der Waals surface area contributed by atoms with Crippen LogP contribution in [0.3, 0.4) is 0 Å². The van der Waals surface area contributed by atoms with Crippen LogP contribution in [0.5, 0.6) is 0 Å². The lowest BCUT2D eigenvalue weighted by atomic mass is 9.69. The van der Waals surface area contributed by atoms with Gasteiger partial charge in [-0.2, -0.15) is 12.6 Å². The molecule has 2 rings (SSSR count). The summed E-state index contributed by atoms with van der Waals surface area (Å²) in [6, 6.07) is 0. The van der Waals surface area contributed by atoms with E-state index in [0.29, 0.717) is 10.8 Å². The fourth-order valence-corrected chi connectivity index (χ4v) is 3.61. The second-order valence-corrected chi connectivity index (χ2v) is 6.81. The van der Waals surface area contributed by atoms with Gasteiger partial charge in [0.15, 0.2) is 0 Å². The van der Waals surface area contributed by atoms with Crippen LogP contribution in [-0.4, -0.2) is 30.3 Å². The molecular weight excluding hydrogens is 202 g/mol. The molecule has 1 aliphatic carbocycles. The lowest BCUT2D eigenvalue weighted by Gasteiger charge is -2.47. The molecule has 0 amide bonds. The molecule has 0 radical (unpaired) electrons. The van der Waals surface area contributed by atoms with Crippen LogP contribution in [0.2, 0.25) is 0 Å². The van der Waals surface area contributed by atoms with Crippen molar-refractivity contribution in [3.8, 4) is 0 Å². The molecule has 88 valence electrons. The number of nitrogens with zero attached hydrogens (tertiary/aromatic N) is 1. The molecule has 2 aliphatic rings. The van der Waals surface area contributed by atoms with Gasteiger partial charge in [-0.15, -0.1) is 0 Å². The summed E-state index contributed by atoms with van der Waals surface area (Å²) in [5.41, 5.74) is 1.12. The minimum Gasteiger partial charge on any atom is -0.302 e. The van der Waals surface area contributed by atoms with Gasteiger partial charge in [0.25, 0.3) is 0 Å². The smallest absolute Gasteiger partial charge is 0.00460 e. The van der Waals surface area contributed by atoms with E-state index in [4.69, 9.17) is 0 Å². The van der Waals surface area contributed by atoms with Crippen LogP contribution < -0.4 is 0 Å². The van der Waals surface area contributed by atoms with Crippen molar-refractivity contribution in [2.45, 2.75) is 46.0 Å². The Hall–Kier alpha value is 0.310. The largest absolute Gasteiger partial charge is 0.302 e. The summed E-state index contributed by atoms with van der Waals surface area (Å²) in [4.78, 5) is 2.69. The van der Waals surface area contributed by atoms with Gasteiger partial charge in [0.2, 0.25) is 0 Å². The van der Waals surface area contributed by atoms with E-state index in [-0.39, 0.29) is 0 Å². The standard InChI is InChI=1S/C13H25NS/c1-12(2)5-4-8-14(9-12)10-13(11-15)6-3-7-13/h15H,3-11H2,1-2H3. The highest BCUT2D eigenvalue weighted by Crippen LogP contribution is 2.43. The lowest BCUT2D eigenvalue weighted by molar-refractivity contribution is 0.0412. The SMILES string of the molecule is CC1(C)CCCN(CC2(CS)CCC2)C1. The Morgan fingerprint density at radius 1 is 1.13 bits per heavy atom. The zero-order valence-electron chi connectivity index (χ0n) is 10.3. The van der Waals surface area contributed by atoms with Gasteiger partial charge < -0.3 is 4.90 Å². The van der Waals surface area contributed by atoms with E-state index in [1.807, 2.05) is 0 Å². The monoisotopic (exact) mass is 227 g/mol. The number of rotatable bonds is 3. The molecule has 2 fully saturated rings. The highest BCUT2D eigenvalue weighted by atomic mass is 32.1. The highest BCUT2D eigenvalue weighted by Gasteiger charge is 2.38. The topological polar surface area (TPSA) is 3.24 Å². The highest BCUT2D eigenvalue weighted by molar-refractivity contribution is 7.80. The first-order chi connectivity index (χ1) is 7.05. The third kappa shape index (κ3) is 2.71. The van der Waals surface area contributed by atoms with Crippen molar-refractivity contribution >= 4 is 12.6 Å². The number of hydrogen-bond acceptors (Lipinski definition) is 2. The van der Waals surface area contributed by atoms with Gasteiger partial charge in [0.05, 0.1) is 0 Å². The molecule has 0 atom stereocenters. The van der Waals surface area contributed by atoms with E-state index in [9.17, 15) is 0 Å². The Labute approximate surface area is 100 Å². The third-order valence-electron chi connectivity index (χ3n) is 4.29. The predicted molar refractivity (Wildman–Crippen MR) is 69.6 cm³/mol. The van der Waals surface area contributed by atoms with Crippen molar-refractivity contribution in [2.75, 3.05) is 25.4 Å². The van der Waals surface area contributed by atoms with Crippen LogP contribution in [0, 0.1) is 10.8 Å². The maximum absolute atomic E-state index is 4.55. The Morgan fingerprint density at radius 2 is 1.87 bits per heavy atom. The number of likely N-dealkylation sites (tertiary alicyclic amines) is 1. The molecular formula is C13H25NS. The van der Waals surface area contributed by atoms with E-state index in [1.54, 1.807) is 0 Å². The molecule has 0 aromatic heterocycles. The zero-order chi connectivity index (χ0) is 10.9. The van der Waals surface area contributed by atoms with E-state index in [1.165, 1.54) is 51.7 Å². The summed E-state index contributed by atoms with van der Waals surface area (Å²) in [6.07, 6.45) is 7.03. The molecule has 1 heterocycles. The molecule has 1 saturated carbocycles. The normalized spacial score (nSPS) is 29.8. The van der Waals surface area contributed by atoms with E-state index < -0.39 is 0 Å². The number of thiol groups is 1. The van der Waals surface area contributed by atoms with Crippen LogP contribution in [0.4, 0.5) is 0 Å². The van der Waals surface area contributed by atoms with Crippen molar-refractivity contribution in [1.82, 2.24) is 4.90 Å². The van der Waals surface area contributed by atoms with Gasteiger partial charge >= 0.3 is 0 Å². The number of piperidine rings is 1. The predicted octanol–water partition coefficient (Wildman–Crippen LogP) is 3.21. The van der Waals surface area contributed by atoms with Crippen molar-refractivity contribution < 1.29 is 0 Å². The average molecular weight is 227 g/mol. The molecule has 15 heavy (non-hydrogen) atoms. The molecule has 0 aromatic carbocycles. The Balaban J connectivity index is 1.88. The summed E-state index contributed by atoms with van der Waals surface area (Å²) in [6.45, 7) is 8.74. The average Bonchev–Trinajstić information content (AvgIpc) is 2.10. The summed E-state index contributed by atoms with van der Waals surface area (Å²) in [5, 5.41) is 0. The Kier molecular flexibility index (Phi) is 3.37. The molecule has 2 heteroatoms. The van der Waals surface area contributed by atoms with Crippen LogP contribution in [0.1, 0.15) is 46.0 Å². The molecule has 0 unspecified atom stereocenters.